The van der Waals surface area contributed by atoms with Crippen LogP contribution in [0.5, 0.6) is 0 Å². The summed E-state index contributed by atoms with van der Waals surface area (Å²) in [5.41, 5.74) is 0.165. The van der Waals surface area contributed by atoms with Crippen molar-refractivity contribution < 1.29 is 41.8 Å². The van der Waals surface area contributed by atoms with Crippen molar-refractivity contribution in [2.24, 2.45) is 0 Å². The third-order valence-electron chi connectivity index (χ3n) is 4.49. The highest BCUT2D eigenvalue weighted by Gasteiger charge is 2.33. The van der Waals surface area contributed by atoms with E-state index in [1.807, 2.05) is 0 Å². The summed E-state index contributed by atoms with van der Waals surface area (Å²) < 4.78 is 52.4. The molecule has 0 unspecified atom stereocenters. The fourth-order valence-corrected chi connectivity index (χ4v) is 3.09. The van der Waals surface area contributed by atoms with Crippen molar-refractivity contribution in [1.82, 2.24) is 10.3 Å². The van der Waals surface area contributed by atoms with E-state index >= 15 is 0 Å². The number of carbonyl (C=O) groups excluding carboxylic acids is 3. The number of esters is 1. The maximum atomic E-state index is 12.6. The molecule has 0 bridgehead atoms. The zero-order valence-corrected chi connectivity index (χ0v) is 22.1. The van der Waals surface area contributed by atoms with Gasteiger partial charge in [-0.25, -0.2) is 19.4 Å². The Morgan fingerprint density at radius 2 is 1.47 bits per heavy atom. The minimum atomic E-state index is -4.72. The number of nitrogens with zero attached hydrogens (tertiary/aromatic N) is 1. The molecule has 2 aromatic rings. The summed E-state index contributed by atoms with van der Waals surface area (Å²) in [7, 11) is 0. The van der Waals surface area contributed by atoms with Crippen molar-refractivity contribution in [3.05, 3.63) is 48.2 Å². The largest absolute Gasteiger partial charge is 0.454 e. The number of alkyl carbamates (subject to hydrolysis) is 1. The van der Waals surface area contributed by atoms with Gasteiger partial charge in [0.1, 0.15) is 23.1 Å². The molecular weight excluding hydrogens is 507 g/mol. The first-order chi connectivity index (χ1) is 17.4. The van der Waals surface area contributed by atoms with E-state index in [0.717, 1.165) is 0 Å². The predicted octanol–water partition coefficient (Wildman–Crippen LogP) is 5.64. The molecule has 38 heavy (non-hydrogen) atoms. The van der Waals surface area contributed by atoms with Gasteiger partial charge in [-0.05, 0) is 64.8 Å². The van der Waals surface area contributed by atoms with E-state index in [1.54, 1.807) is 77.9 Å². The van der Waals surface area contributed by atoms with Gasteiger partial charge in [0.2, 0.25) is 0 Å². The lowest BCUT2D eigenvalue weighted by Crippen LogP contribution is -2.46. The second kappa shape index (κ2) is 12.1. The van der Waals surface area contributed by atoms with Crippen LogP contribution in [-0.4, -0.2) is 53.2 Å². The maximum absolute atomic E-state index is 12.6. The zero-order chi connectivity index (χ0) is 28.7. The summed E-state index contributed by atoms with van der Waals surface area (Å²) in [6.45, 7) is 8.22. The first-order valence-corrected chi connectivity index (χ1v) is 11.7. The van der Waals surface area contributed by atoms with Gasteiger partial charge in [0.05, 0.1) is 0 Å². The minimum absolute atomic E-state index is 0.160. The van der Waals surface area contributed by atoms with Crippen molar-refractivity contribution in [2.75, 3.05) is 11.9 Å². The Morgan fingerprint density at radius 3 is 2.03 bits per heavy atom. The first-order valence-electron chi connectivity index (χ1n) is 11.7. The van der Waals surface area contributed by atoms with Crippen LogP contribution in [0.2, 0.25) is 0 Å². The number of anilines is 1. The second-order valence-electron chi connectivity index (χ2n) is 10.3. The summed E-state index contributed by atoms with van der Waals surface area (Å²) in [6.07, 6.45) is -5.03. The van der Waals surface area contributed by atoms with E-state index in [-0.39, 0.29) is 12.2 Å². The minimum Gasteiger partial charge on any atom is -0.454 e. The van der Waals surface area contributed by atoms with Crippen molar-refractivity contribution in [2.45, 2.75) is 71.4 Å². The lowest BCUT2D eigenvalue weighted by atomic mass is 10.0. The number of carbonyl (C=O) groups is 3. The molecule has 1 aromatic carbocycles. The summed E-state index contributed by atoms with van der Waals surface area (Å²) in [4.78, 5) is 41.0. The molecular formula is C26H32F3N3O6. The Labute approximate surface area is 219 Å². The van der Waals surface area contributed by atoms with Gasteiger partial charge >= 0.3 is 24.3 Å². The monoisotopic (exact) mass is 539 g/mol. The standard InChI is InChI=1S/C26H32F3N3O6/c1-24(2,3)37-22(34)31-19(21(33)36-15-26(27,28)29)14-16-9-11-17(12-10-16)18-8-7-13-30-20(18)32-23(35)38-25(4,5)6/h7-13,19H,14-15H2,1-6H3,(H,31,34)(H,30,32,35)/t19-/m0/s1. The Bertz CT molecular complexity index is 1120. The number of alkyl halides is 3. The predicted molar refractivity (Wildman–Crippen MR) is 133 cm³/mol. The van der Waals surface area contributed by atoms with Crippen LogP contribution in [0, 0.1) is 0 Å². The molecule has 9 nitrogen and oxygen atoms in total. The van der Waals surface area contributed by atoms with Gasteiger partial charge in [0.15, 0.2) is 6.61 Å². The van der Waals surface area contributed by atoms with Gasteiger partial charge in [-0.15, -0.1) is 0 Å². The summed E-state index contributed by atoms with van der Waals surface area (Å²) >= 11 is 0. The van der Waals surface area contributed by atoms with Crippen molar-refractivity contribution in [3.8, 4) is 11.1 Å². The first kappa shape index (κ1) is 30.4. The molecule has 0 fully saturated rings. The van der Waals surface area contributed by atoms with Gasteiger partial charge in [0, 0.05) is 18.2 Å². The highest BCUT2D eigenvalue weighted by molar-refractivity contribution is 5.89. The van der Waals surface area contributed by atoms with Crippen molar-refractivity contribution >= 4 is 24.0 Å². The van der Waals surface area contributed by atoms with Crippen LogP contribution in [0.1, 0.15) is 47.1 Å². The smallest absolute Gasteiger partial charge is 0.422 e. The van der Waals surface area contributed by atoms with E-state index in [4.69, 9.17) is 9.47 Å². The summed E-state index contributed by atoms with van der Waals surface area (Å²) in [5, 5.41) is 4.89. The summed E-state index contributed by atoms with van der Waals surface area (Å²) in [5.74, 6) is -0.997. The third kappa shape index (κ3) is 11.1. The molecule has 1 atom stereocenters. The number of nitrogens with one attached hydrogen (secondary N) is 2. The molecule has 0 radical (unpaired) electrons. The normalized spacial score (nSPS) is 12.8. The number of amides is 2. The average Bonchev–Trinajstić information content (AvgIpc) is 2.75. The number of rotatable bonds is 7. The molecule has 0 spiro atoms. The van der Waals surface area contributed by atoms with Gasteiger partial charge in [0.25, 0.3) is 0 Å². The van der Waals surface area contributed by atoms with Crippen LogP contribution in [0.25, 0.3) is 11.1 Å². The lowest BCUT2D eigenvalue weighted by Gasteiger charge is -2.23. The van der Waals surface area contributed by atoms with Gasteiger partial charge < -0.3 is 19.5 Å². The van der Waals surface area contributed by atoms with Crippen LogP contribution in [0.3, 0.4) is 0 Å². The molecule has 0 aliphatic carbocycles. The molecule has 12 heteroatoms. The number of halogens is 3. The molecule has 0 aliphatic rings. The van der Waals surface area contributed by atoms with Gasteiger partial charge in [-0.2, -0.15) is 13.2 Å². The number of benzene rings is 1. The van der Waals surface area contributed by atoms with Crippen LogP contribution >= 0.6 is 0 Å². The van der Waals surface area contributed by atoms with Gasteiger partial charge in [-0.1, -0.05) is 24.3 Å². The zero-order valence-electron chi connectivity index (χ0n) is 22.1. The molecule has 1 heterocycles. The molecule has 208 valence electrons. The van der Waals surface area contributed by atoms with E-state index in [1.165, 1.54) is 6.20 Å². The maximum Gasteiger partial charge on any atom is 0.422 e. The number of pyridine rings is 1. The highest BCUT2D eigenvalue weighted by atomic mass is 19.4. The van der Waals surface area contributed by atoms with Crippen LogP contribution in [0.15, 0.2) is 42.6 Å². The van der Waals surface area contributed by atoms with Crippen LogP contribution in [0.4, 0.5) is 28.6 Å². The molecule has 2 N–H and O–H groups in total. The van der Waals surface area contributed by atoms with Crippen LogP contribution in [-0.2, 0) is 25.4 Å². The number of ether oxygens (including phenoxy) is 3. The topological polar surface area (TPSA) is 116 Å². The van der Waals surface area contributed by atoms with Crippen molar-refractivity contribution in [3.63, 3.8) is 0 Å². The Hall–Kier alpha value is -3.83. The molecule has 0 aliphatic heterocycles. The van der Waals surface area contributed by atoms with E-state index in [2.05, 4.69) is 20.4 Å². The second-order valence-corrected chi connectivity index (χ2v) is 10.3. The Balaban J connectivity index is 2.21. The van der Waals surface area contributed by atoms with Crippen LogP contribution < -0.4 is 10.6 Å². The molecule has 2 amide bonds. The fraction of sp³-hybridized carbons (Fsp3) is 0.462. The van der Waals surface area contributed by atoms with E-state index in [0.29, 0.717) is 16.7 Å². The van der Waals surface area contributed by atoms with Crippen molar-refractivity contribution in [1.29, 1.82) is 0 Å². The van der Waals surface area contributed by atoms with Gasteiger partial charge in [-0.3, -0.25) is 5.32 Å². The number of aromatic nitrogens is 1. The molecule has 0 saturated heterocycles. The highest BCUT2D eigenvalue weighted by Crippen LogP contribution is 2.27. The number of hydrogen-bond acceptors (Lipinski definition) is 7. The summed E-state index contributed by atoms with van der Waals surface area (Å²) in [6, 6.07) is 8.59. The van der Waals surface area contributed by atoms with E-state index < -0.39 is 48.2 Å². The molecule has 0 saturated carbocycles. The Kier molecular flexibility index (Phi) is 9.71. The lowest BCUT2D eigenvalue weighted by molar-refractivity contribution is -0.187. The average molecular weight is 540 g/mol. The Morgan fingerprint density at radius 1 is 0.895 bits per heavy atom. The SMILES string of the molecule is CC(C)(C)OC(=O)Nc1ncccc1-c1ccc(C[C@H](NC(=O)OC(C)(C)C)C(=O)OCC(F)(F)F)cc1. The third-order valence-corrected chi connectivity index (χ3v) is 4.49. The fourth-order valence-electron chi connectivity index (χ4n) is 3.09. The molecule has 1 aromatic heterocycles. The quantitative estimate of drug-likeness (QED) is 0.346. The number of hydrogen-bond donors (Lipinski definition) is 2. The molecule has 2 rings (SSSR count). The van der Waals surface area contributed by atoms with E-state index in [9.17, 15) is 27.6 Å².